The minimum atomic E-state index is -0.711. The summed E-state index contributed by atoms with van der Waals surface area (Å²) in [6.07, 6.45) is 0.549. The van der Waals surface area contributed by atoms with E-state index in [-0.39, 0.29) is 22.7 Å². The lowest BCUT2D eigenvalue weighted by Gasteiger charge is -2.26. The Morgan fingerprint density at radius 2 is 1.57 bits per heavy atom. The maximum absolute atomic E-state index is 13.5. The maximum Gasteiger partial charge on any atom is 0.295 e. The molecule has 0 saturated carbocycles. The van der Waals surface area contributed by atoms with Gasteiger partial charge in [-0.15, -0.1) is 0 Å². The van der Waals surface area contributed by atoms with Crippen molar-refractivity contribution < 1.29 is 24.2 Å². The molecule has 0 spiro atoms. The summed E-state index contributed by atoms with van der Waals surface area (Å²) in [6, 6.07) is 20.3. The fraction of sp³-hybridized carbons (Fsp3) is 0.353. The van der Waals surface area contributed by atoms with Crippen LogP contribution in [0, 0.1) is 0 Å². The van der Waals surface area contributed by atoms with E-state index in [0.717, 1.165) is 28.0 Å². The third kappa shape index (κ3) is 5.76. The normalized spacial score (nSPS) is 17.0. The van der Waals surface area contributed by atoms with Crippen molar-refractivity contribution >= 4 is 17.4 Å². The first-order chi connectivity index (χ1) is 19.0. The van der Waals surface area contributed by atoms with Crippen LogP contribution in [0.3, 0.4) is 0 Å². The average Bonchev–Trinajstić information content (AvgIpc) is 3.20. The van der Waals surface area contributed by atoms with E-state index < -0.39 is 17.7 Å². The number of ketones is 1. The Labute approximate surface area is 237 Å². The molecule has 6 heteroatoms. The van der Waals surface area contributed by atoms with Gasteiger partial charge in [-0.1, -0.05) is 71.0 Å². The van der Waals surface area contributed by atoms with Crippen LogP contribution in [0.1, 0.15) is 74.4 Å². The summed E-state index contributed by atoms with van der Waals surface area (Å²) in [5, 5.41) is 11.6. The van der Waals surface area contributed by atoms with Crippen LogP contribution in [0.25, 0.3) is 5.76 Å². The number of aliphatic hydroxyl groups excluding tert-OH is 1. The van der Waals surface area contributed by atoms with E-state index in [2.05, 4.69) is 20.8 Å². The molecule has 4 rings (SSSR count). The van der Waals surface area contributed by atoms with Gasteiger partial charge in [-0.3, -0.25) is 9.59 Å². The molecule has 1 unspecified atom stereocenters. The molecule has 1 atom stereocenters. The number of carbonyl (C=O) groups is 2. The third-order valence-electron chi connectivity index (χ3n) is 7.56. The predicted molar refractivity (Wildman–Crippen MR) is 158 cm³/mol. The number of amides is 1. The zero-order valence-electron chi connectivity index (χ0n) is 24.4. The highest BCUT2D eigenvalue weighted by atomic mass is 16.5. The fourth-order valence-corrected chi connectivity index (χ4v) is 5.15. The lowest BCUT2D eigenvalue weighted by Crippen LogP contribution is -2.31. The highest BCUT2D eigenvalue weighted by molar-refractivity contribution is 6.46. The molecule has 0 aliphatic carbocycles. The van der Waals surface area contributed by atoms with Crippen LogP contribution >= 0.6 is 0 Å². The largest absolute Gasteiger partial charge is 0.507 e. The Balaban J connectivity index is 1.80. The number of ether oxygens (including phenoxy) is 2. The number of carbonyl (C=O) groups excluding carboxylic acids is 2. The van der Waals surface area contributed by atoms with E-state index in [1.165, 1.54) is 0 Å². The van der Waals surface area contributed by atoms with Crippen molar-refractivity contribution in [1.82, 2.24) is 4.90 Å². The van der Waals surface area contributed by atoms with Crippen molar-refractivity contribution in [3.8, 4) is 11.5 Å². The number of benzene rings is 3. The summed E-state index contributed by atoms with van der Waals surface area (Å²) >= 11 is 0. The molecule has 6 nitrogen and oxygen atoms in total. The minimum Gasteiger partial charge on any atom is -0.507 e. The quantitative estimate of drug-likeness (QED) is 0.193. The van der Waals surface area contributed by atoms with Crippen LogP contribution in [0.15, 0.2) is 72.3 Å². The van der Waals surface area contributed by atoms with E-state index in [4.69, 9.17) is 9.47 Å². The van der Waals surface area contributed by atoms with Gasteiger partial charge in [-0.2, -0.15) is 0 Å². The molecule has 0 aromatic heterocycles. The van der Waals surface area contributed by atoms with Gasteiger partial charge in [0.05, 0.1) is 25.8 Å². The van der Waals surface area contributed by atoms with Gasteiger partial charge in [0.1, 0.15) is 17.3 Å². The standard InChI is InChI=1S/C34H39NO5/c1-21(2)27-20-24(12-17-28(27)40-7)31(36)29-30(23-10-13-25(14-11-23)34(3,4)5)35(33(38)32(29)37)19-18-22-8-15-26(39-6)16-9-22/h8-17,20-21,30,36H,18-19H2,1-7H3/b31-29-. The van der Waals surface area contributed by atoms with Crippen molar-refractivity contribution in [2.24, 2.45) is 0 Å². The van der Waals surface area contributed by atoms with Gasteiger partial charge in [0, 0.05) is 12.1 Å². The highest BCUT2D eigenvalue weighted by Gasteiger charge is 2.46. The number of rotatable bonds is 8. The Hall–Kier alpha value is -4.06. The van der Waals surface area contributed by atoms with Crippen molar-refractivity contribution in [2.45, 2.75) is 58.4 Å². The zero-order chi connectivity index (χ0) is 29.2. The molecule has 1 fully saturated rings. The van der Waals surface area contributed by atoms with Crippen molar-refractivity contribution in [2.75, 3.05) is 20.8 Å². The number of hydrogen-bond donors (Lipinski definition) is 1. The Morgan fingerprint density at radius 3 is 2.12 bits per heavy atom. The second kappa shape index (κ2) is 11.6. The van der Waals surface area contributed by atoms with E-state index in [1.54, 1.807) is 31.3 Å². The van der Waals surface area contributed by atoms with Gasteiger partial charge < -0.3 is 19.5 Å². The molecule has 1 aliphatic heterocycles. The predicted octanol–water partition coefficient (Wildman–Crippen LogP) is 6.79. The lowest BCUT2D eigenvalue weighted by atomic mass is 9.85. The van der Waals surface area contributed by atoms with Crippen molar-refractivity contribution in [1.29, 1.82) is 0 Å². The van der Waals surface area contributed by atoms with Gasteiger partial charge in [-0.25, -0.2) is 0 Å². The number of nitrogens with zero attached hydrogens (tertiary/aromatic N) is 1. The highest BCUT2D eigenvalue weighted by Crippen LogP contribution is 2.41. The van der Waals surface area contributed by atoms with Gasteiger partial charge in [-0.05, 0) is 70.3 Å². The van der Waals surface area contributed by atoms with Gasteiger partial charge in [0.2, 0.25) is 0 Å². The first-order valence-corrected chi connectivity index (χ1v) is 13.7. The van der Waals surface area contributed by atoms with E-state index in [0.29, 0.717) is 24.3 Å². The first-order valence-electron chi connectivity index (χ1n) is 13.7. The number of Topliss-reactive ketones (excluding diaryl/α,β-unsaturated/α-hetero) is 1. The molecule has 1 saturated heterocycles. The summed E-state index contributed by atoms with van der Waals surface area (Å²) in [5.41, 5.74) is 4.37. The lowest BCUT2D eigenvalue weighted by molar-refractivity contribution is -0.139. The Bertz CT molecular complexity index is 1410. The van der Waals surface area contributed by atoms with E-state index in [1.807, 2.05) is 68.4 Å². The van der Waals surface area contributed by atoms with Gasteiger partial charge >= 0.3 is 0 Å². The topological polar surface area (TPSA) is 76.1 Å². The average molecular weight is 542 g/mol. The summed E-state index contributed by atoms with van der Waals surface area (Å²) in [6.45, 7) is 10.8. The molecule has 1 heterocycles. The smallest absolute Gasteiger partial charge is 0.295 e. The molecule has 40 heavy (non-hydrogen) atoms. The number of hydrogen-bond acceptors (Lipinski definition) is 5. The number of methoxy groups -OCH3 is 2. The van der Waals surface area contributed by atoms with Crippen LogP contribution < -0.4 is 9.47 Å². The summed E-state index contributed by atoms with van der Waals surface area (Å²) in [4.78, 5) is 28.6. The van der Waals surface area contributed by atoms with Gasteiger partial charge in [0.15, 0.2) is 0 Å². The molecular weight excluding hydrogens is 502 g/mol. The van der Waals surface area contributed by atoms with Crippen LogP contribution in [-0.4, -0.2) is 42.5 Å². The molecule has 1 aliphatic rings. The van der Waals surface area contributed by atoms with Crippen molar-refractivity contribution in [3.63, 3.8) is 0 Å². The first kappa shape index (κ1) is 28.9. The fourth-order valence-electron chi connectivity index (χ4n) is 5.15. The molecule has 3 aromatic rings. The summed E-state index contributed by atoms with van der Waals surface area (Å²) in [7, 11) is 3.22. The van der Waals surface area contributed by atoms with E-state index >= 15 is 0 Å². The molecule has 1 N–H and O–H groups in total. The molecule has 3 aromatic carbocycles. The third-order valence-corrected chi connectivity index (χ3v) is 7.56. The molecular formula is C34H39NO5. The summed E-state index contributed by atoms with van der Waals surface area (Å²) in [5.74, 6) is 0.121. The number of aliphatic hydroxyl groups is 1. The molecule has 1 amide bonds. The van der Waals surface area contributed by atoms with Crippen molar-refractivity contribution in [3.05, 3.63) is 100 Å². The number of likely N-dealkylation sites (tertiary alicyclic amines) is 1. The second-order valence-electron chi connectivity index (χ2n) is 11.6. The minimum absolute atomic E-state index is 0.0505. The zero-order valence-corrected chi connectivity index (χ0v) is 24.4. The summed E-state index contributed by atoms with van der Waals surface area (Å²) < 4.78 is 10.8. The Morgan fingerprint density at radius 1 is 0.925 bits per heavy atom. The van der Waals surface area contributed by atoms with Gasteiger partial charge in [0.25, 0.3) is 11.7 Å². The second-order valence-corrected chi connectivity index (χ2v) is 11.6. The van der Waals surface area contributed by atoms with Crippen LogP contribution in [0.5, 0.6) is 11.5 Å². The monoisotopic (exact) mass is 541 g/mol. The van der Waals surface area contributed by atoms with E-state index in [9.17, 15) is 14.7 Å². The van der Waals surface area contributed by atoms with Crippen LogP contribution in [0.4, 0.5) is 0 Å². The van der Waals surface area contributed by atoms with Crippen LogP contribution in [-0.2, 0) is 21.4 Å². The SMILES string of the molecule is COc1ccc(CCN2C(=O)C(=O)/C(=C(\O)c3ccc(OC)c(C(C)C)c3)C2c2ccc(C(C)(C)C)cc2)cc1. The molecule has 0 bridgehead atoms. The Kier molecular flexibility index (Phi) is 8.38. The molecule has 210 valence electrons. The molecule has 0 radical (unpaired) electrons. The van der Waals surface area contributed by atoms with Crippen LogP contribution in [0.2, 0.25) is 0 Å². The maximum atomic E-state index is 13.5.